The van der Waals surface area contributed by atoms with Gasteiger partial charge < -0.3 is 15.0 Å². The molecule has 4 rings (SSSR count). The van der Waals surface area contributed by atoms with Gasteiger partial charge in [-0.1, -0.05) is 60.7 Å². The van der Waals surface area contributed by atoms with E-state index in [1.165, 1.54) is 0 Å². The summed E-state index contributed by atoms with van der Waals surface area (Å²) in [5.74, 6) is -0.370. The van der Waals surface area contributed by atoms with Gasteiger partial charge in [-0.2, -0.15) is 0 Å². The van der Waals surface area contributed by atoms with Gasteiger partial charge in [0.2, 0.25) is 0 Å². The van der Waals surface area contributed by atoms with Gasteiger partial charge >= 0.3 is 12.0 Å². The number of esters is 1. The van der Waals surface area contributed by atoms with Crippen molar-refractivity contribution in [2.24, 2.45) is 0 Å². The van der Waals surface area contributed by atoms with E-state index in [4.69, 9.17) is 4.74 Å². The van der Waals surface area contributed by atoms with E-state index in [0.29, 0.717) is 13.0 Å². The van der Waals surface area contributed by atoms with Crippen LogP contribution in [0.15, 0.2) is 66.7 Å². The Labute approximate surface area is 163 Å². The van der Waals surface area contributed by atoms with Crippen molar-refractivity contribution in [1.82, 2.24) is 4.90 Å². The van der Waals surface area contributed by atoms with Crippen LogP contribution >= 0.6 is 0 Å². The third-order valence-electron chi connectivity index (χ3n) is 5.10. The van der Waals surface area contributed by atoms with E-state index in [1.54, 1.807) is 11.8 Å². The molecular weight excluding hydrogens is 352 g/mol. The zero-order valence-electron chi connectivity index (χ0n) is 15.7. The summed E-state index contributed by atoms with van der Waals surface area (Å²) in [6.45, 7) is 2.43. The summed E-state index contributed by atoms with van der Waals surface area (Å²) in [5, 5.41) is 5.00. The quantitative estimate of drug-likeness (QED) is 0.693. The Balaban J connectivity index is 1.64. The molecule has 5 heteroatoms. The number of urea groups is 1. The minimum absolute atomic E-state index is 0.287. The molecule has 28 heavy (non-hydrogen) atoms. The number of rotatable bonds is 3. The van der Waals surface area contributed by atoms with Crippen LogP contribution in [0, 0.1) is 0 Å². The van der Waals surface area contributed by atoms with Gasteiger partial charge in [-0.3, -0.25) is 0 Å². The number of benzene rings is 3. The number of carbonyl (C=O) groups is 2. The number of anilines is 1. The normalized spacial score (nSPS) is 15.8. The maximum atomic E-state index is 13.1. The highest BCUT2D eigenvalue weighted by atomic mass is 16.5. The fraction of sp³-hybridized carbons (Fsp3) is 0.217. The second-order valence-electron chi connectivity index (χ2n) is 6.83. The molecule has 1 aliphatic rings. The number of ether oxygens (including phenoxy) is 1. The number of hydrogen-bond acceptors (Lipinski definition) is 3. The third-order valence-corrected chi connectivity index (χ3v) is 5.10. The standard InChI is InChI=1S/C23H22N2O3/c1-2-28-22(26)21-14-17-9-3-4-10-18(17)15-25(21)23(27)24-20-13-7-11-16-8-5-6-12-19(16)20/h3-13,21H,2,14-15H2,1H3,(H,24,27). The molecule has 0 spiro atoms. The number of amides is 2. The monoisotopic (exact) mass is 374 g/mol. The van der Waals surface area contributed by atoms with Gasteiger partial charge in [0.25, 0.3) is 0 Å². The first-order valence-electron chi connectivity index (χ1n) is 9.46. The molecule has 0 bridgehead atoms. The number of hydrogen-bond donors (Lipinski definition) is 1. The Morgan fingerprint density at radius 2 is 1.71 bits per heavy atom. The molecule has 0 aromatic heterocycles. The molecule has 1 aliphatic heterocycles. The van der Waals surface area contributed by atoms with Crippen molar-refractivity contribution < 1.29 is 14.3 Å². The van der Waals surface area contributed by atoms with E-state index >= 15 is 0 Å². The van der Waals surface area contributed by atoms with Crippen molar-refractivity contribution in [1.29, 1.82) is 0 Å². The summed E-state index contributed by atoms with van der Waals surface area (Å²) in [5.41, 5.74) is 2.86. The molecule has 1 atom stereocenters. The van der Waals surface area contributed by atoms with Crippen molar-refractivity contribution in [3.63, 3.8) is 0 Å². The first-order valence-corrected chi connectivity index (χ1v) is 9.46. The summed E-state index contributed by atoms with van der Waals surface area (Å²) < 4.78 is 5.24. The van der Waals surface area contributed by atoms with E-state index in [1.807, 2.05) is 66.7 Å². The van der Waals surface area contributed by atoms with Crippen molar-refractivity contribution in [3.05, 3.63) is 77.9 Å². The van der Waals surface area contributed by atoms with E-state index in [0.717, 1.165) is 27.6 Å². The Hall–Kier alpha value is -3.34. The van der Waals surface area contributed by atoms with Gasteiger partial charge in [0.15, 0.2) is 0 Å². The zero-order valence-corrected chi connectivity index (χ0v) is 15.7. The highest BCUT2D eigenvalue weighted by Gasteiger charge is 2.35. The summed E-state index contributed by atoms with van der Waals surface area (Å²) >= 11 is 0. The number of nitrogens with one attached hydrogen (secondary N) is 1. The van der Waals surface area contributed by atoms with Crippen molar-refractivity contribution >= 4 is 28.5 Å². The molecule has 3 aromatic carbocycles. The number of fused-ring (bicyclic) bond motifs is 2. The van der Waals surface area contributed by atoms with Gasteiger partial charge in [0.05, 0.1) is 12.3 Å². The van der Waals surface area contributed by atoms with Gasteiger partial charge in [0.1, 0.15) is 6.04 Å². The van der Waals surface area contributed by atoms with Crippen molar-refractivity contribution in [2.45, 2.75) is 25.9 Å². The molecule has 0 saturated heterocycles. The average molecular weight is 374 g/mol. The van der Waals surface area contributed by atoms with Crippen LogP contribution in [0.2, 0.25) is 0 Å². The van der Waals surface area contributed by atoms with Gasteiger partial charge in [-0.05, 0) is 29.5 Å². The van der Waals surface area contributed by atoms with Crippen LogP contribution in [-0.2, 0) is 22.5 Å². The lowest BCUT2D eigenvalue weighted by molar-refractivity contribution is -0.148. The fourth-order valence-electron chi connectivity index (χ4n) is 3.71. The number of nitrogens with zero attached hydrogens (tertiary/aromatic N) is 1. The molecule has 1 unspecified atom stereocenters. The molecule has 5 nitrogen and oxygen atoms in total. The van der Waals surface area contributed by atoms with Crippen LogP contribution in [-0.4, -0.2) is 29.5 Å². The molecule has 0 saturated carbocycles. The maximum Gasteiger partial charge on any atom is 0.329 e. The second-order valence-corrected chi connectivity index (χ2v) is 6.83. The predicted molar refractivity (Wildman–Crippen MR) is 109 cm³/mol. The highest BCUT2D eigenvalue weighted by molar-refractivity contribution is 6.02. The van der Waals surface area contributed by atoms with E-state index < -0.39 is 6.04 Å². The summed E-state index contributed by atoms with van der Waals surface area (Å²) in [7, 11) is 0. The lowest BCUT2D eigenvalue weighted by Crippen LogP contribution is -2.50. The lowest BCUT2D eigenvalue weighted by Gasteiger charge is -2.35. The van der Waals surface area contributed by atoms with Crippen molar-refractivity contribution in [2.75, 3.05) is 11.9 Å². The minimum atomic E-state index is -0.634. The second kappa shape index (κ2) is 7.72. The molecule has 0 fully saturated rings. The van der Waals surface area contributed by atoms with Crippen LogP contribution in [0.3, 0.4) is 0 Å². The number of carbonyl (C=O) groups excluding carboxylic acids is 2. The van der Waals surface area contributed by atoms with E-state index in [2.05, 4.69) is 5.32 Å². The Morgan fingerprint density at radius 3 is 2.54 bits per heavy atom. The highest BCUT2D eigenvalue weighted by Crippen LogP contribution is 2.27. The molecule has 0 radical (unpaired) electrons. The van der Waals surface area contributed by atoms with Gasteiger partial charge in [-0.25, -0.2) is 9.59 Å². The van der Waals surface area contributed by atoms with Crippen LogP contribution in [0.25, 0.3) is 10.8 Å². The third kappa shape index (κ3) is 3.43. The minimum Gasteiger partial charge on any atom is -0.464 e. The van der Waals surface area contributed by atoms with Crippen LogP contribution in [0.4, 0.5) is 10.5 Å². The van der Waals surface area contributed by atoms with Crippen LogP contribution in [0.5, 0.6) is 0 Å². The van der Waals surface area contributed by atoms with E-state index in [-0.39, 0.29) is 18.6 Å². The molecule has 142 valence electrons. The lowest BCUT2D eigenvalue weighted by atomic mass is 9.94. The molecule has 0 aliphatic carbocycles. The molecule has 1 heterocycles. The molecule has 1 N–H and O–H groups in total. The smallest absolute Gasteiger partial charge is 0.329 e. The summed E-state index contributed by atoms with van der Waals surface area (Å²) in [6, 6.07) is 20.6. The van der Waals surface area contributed by atoms with Crippen LogP contribution < -0.4 is 5.32 Å². The SMILES string of the molecule is CCOC(=O)C1Cc2ccccc2CN1C(=O)Nc1cccc2ccccc12. The molecule has 2 amide bonds. The van der Waals surface area contributed by atoms with E-state index in [9.17, 15) is 9.59 Å². The topological polar surface area (TPSA) is 58.6 Å². The maximum absolute atomic E-state index is 13.1. The van der Waals surface area contributed by atoms with Gasteiger partial charge in [0, 0.05) is 18.4 Å². The van der Waals surface area contributed by atoms with Gasteiger partial charge in [-0.15, -0.1) is 0 Å². The largest absolute Gasteiger partial charge is 0.464 e. The van der Waals surface area contributed by atoms with Crippen molar-refractivity contribution in [3.8, 4) is 0 Å². The molecular formula is C23H22N2O3. The zero-order chi connectivity index (χ0) is 19.5. The fourth-order valence-corrected chi connectivity index (χ4v) is 3.71. The first kappa shape index (κ1) is 18.0. The Bertz CT molecular complexity index is 1030. The first-order chi connectivity index (χ1) is 13.7. The Kier molecular flexibility index (Phi) is 4.98. The molecule has 3 aromatic rings. The summed E-state index contributed by atoms with van der Waals surface area (Å²) in [4.78, 5) is 27.3. The predicted octanol–water partition coefficient (Wildman–Crippen LogP) is 4.36. The Morgan fingerprint density at radius 1 is 1.00 bits per heavy atom. The average Bonchev–Trinajstić information content (AvgIpc) is 2.73. The summed E-state index contributed by atoms with van der Waals surface area (Å²) in [6.07, 6.45) is 0.456. The van der Waals surface area contributed by atoms with Crippen LogP contribution in [0.1, 0.15) is 18.1 Å².